The van der Waals surface area contributed by atoms with Crippen LogP contribution >= 0.6 is 0 Å². The highest BCUT2D eigenvalue weighted by Gasteiger charge is 2.20. The number of carbonyl (C=O) groups excluding carboxylic acids is 1. The van der Waals surface area contributed by atoms with E-state index in [0.29, 0.717) is 11.3 Å². The Morgan fingerprint density at radius 2 is 2.05 bits per heavy atom. The molecule has 1 heterocycles. The normalized spacial score (nSPS) is 13.0. The fourth-order valence-electron chi connectivity index (χ4n) is 2.48. The third-order valence-corrected chi connectivity index (χ3v) is 3.60. The van der Waals surface area contributed by atoms with Crippen LogP contribution in [0.15, 0.2) is 30.3 Å². The van der Waals surface area contributed by atoms with E-state index in [9.17, 15) is 4.79 Å². The Morgan fingerprint density at radius 1 is 1.29 bits per heavy atom. The number of aromatic nitrogens is 1. The Kier molecular flexibility index (Phi) is 3.58. The van der Waals surface area contributed by atoms with Crippen molar-refractivity contribution >= 4 is 5.91 Å². The van der Waals surface area contributed by atoms with Crippen LogP contribution in [0.3, 0.4) is 0 Å². The lowest BCUT2D eigenvalue weighted by molar-refractivity contribution is 0.0997. The summed E-state index contributed by atoms with van der Waals surface area (Å²) in [4.78, 5) is 16.0. The van der Waals surface area contributed by atoms with Crippen molar-refractivity contribution in [2.45, 2.75) is 25.9 Å². The van der Waals surface area contributed by atoms with Gasteiger partial charge in [0, 0.05) is 5.69 Å². The summed E-state index contributed by atoms with van der Waals surface area (Å²) in [5.41, 5.74) is 8.56. The Morgan fingerprint density at radius 3 is 2.71 bits per heavy atom. The number of pyridine rings is 1. The molecular weight excluding hydrogens is 268 g/mol. The van der Waals surface area contributed by atoms with E-state index >= 15 is 0 Å². The minimum atomic E-state index is -0.542. The molecule has 0 aliphatic heterocycles. The molecule has 1 amide bonds. The first-order valence-corrected chi connectivity index (χ1v) is 6.87. The maximum atomic E-state index is 11.6. The first kappa shape index (κ1) is 13.6. The number of ether oxygens (including phenoxy) is 1. The van der Waals surface area contributed by atoms with Crippen molar-refractivity contribution in [3.05, 3.63) is 52.7 Å². The van der Waals surface area contributed by atoms with E-state index in [2.05, 4.69) is 4.98 Å². The molecule has 0 saturated heterocycles. The summed E-state index contributed by atoms with van der Waals surface area (Å²) in [6.07, 6.45) is 2.86. The summed E-state index contributed by atoms with van der Waals surface area (Å²) in [5.74, 6) is 0.263. The fourth-order valence-corrected chi connectivity index (χ4v) is 2.48. The minimum absolute atomic E-state index is 0.0239. The van der Waals surface area contributed by atoms with Gasteiger partial charge in [0.15, 0.2) is 0 Å². The number of nitrogens with two attached hydrogens (primary N) is 1. The van der Waals surface area contributed by atoms with E-state index in [4.69, 9.17) is 15.6 Å². The molecule has 0 saturated carbocycles. The number of primary amides is 1. The number of benzene rings is 1. The maximum Gasteiger partial charge on any atom is 0.254 e. The molecule has 1 aromatic heterocycles. The third kappa shape index (κ3) is 2.73. The summed E-state index contributed by atoms with van der Waals surface area (Å²) in [6, 6.07) is 8.75. The van der Waals surface area contributed by atoms with Gasteiger partial charge in [-0.05, 0) is 48.6 Å². The van der Waals surface area contributed by atoms with Crippen LogP contribution in [0.2, 0.25) is 0 Å². The first-order chi connectivity index (χ1) is 10.2. The molecule has 2 aromatic rings. The monoisotopic (exact) mass is 284 g/mol. The maximum absolute atomic E-state index is 11.6. The van der Waals surface area contributed by atoms with Gasteiger partial charge in [0.05, 0.1) is 6.61 Å². The van der Waals surface area contributed by atoms with Gasteiger partial charge in [-0.1, -0.05) is 12.1 Å². The number of amides is 1. The average molecular weight is 284 g/mol. The number of carbonyl (C=O) groups is 1. The Balaban J connectivity index is 1.94. The second-order valence-electron chi connectivity index (χ2n) is 5.07. The van der Waals surface area contributed by atoms with E-state index in [0.717, 1.165) is 36.1 Å². The van der Waals surface area contributed by atoms with Crippen molar-refractivity contribution < 1.29 is 14.6 Å². The van der Waals surface area contributed by atoms with E-state index in [1.165, 1.54) is 0 Å². The molecule has 1 aromatic carbocycles. The lowest BCUT2D eigenvalue weighted by Gasteiger charge is -2.11. The summed E-state index contributed by atoms with van der Waals surface area (Å²) < 4.78 is 5.70. The van der Waals surface area contributed by atoms with Crippen LogP contribution < -0.4 is 10.5 Å². The van der Waals surface area contributed by atoms with E-state index < -0.39 is 5.91 Å². The molecule has 3 rings (SSSR count). The SMILES string of the molecule is NC(=O)c1cc2c(nc1Oc1ccc(CO)cc1)CCC2. The zero-order chi connectivity index (χ0) is 14.8. The zero-order valence-electron chi connectivity index (χ0n) is 11.5. The number of fused-ring (bicyclic) bond motifs is 1. The highest BCUT2D eigenvalue weighted by molar-refractivity contribution is 5.95. The van der Waals surface area contributed by atoms with Crippen molar-refractivity contribution in [3.8, 4) is 11.6 Å². The molecule has 1 aliphatic rings. The summed E-state index contributed by atoms with van der Waals surface area (Å²) in [6.45, 7) is -0.0239. The lowest BCUT2D eigenvalue weighted by Crippen LogP contribution is -2.14. The minimum Gasteiger partial charge on any atom is -0.438 e. The van der Waals surface area contributed by atoms with E-state index in [1.54, 1.807) is 30.3 Å². The molecule has 3 N–H and O–H groups in total. The van der Waals surface area contributed by atoms with Crippen LogP contribution in [0, 0.1) is 0 Å². The standard InChI is InChI=1S/C16H16N2O3/c17-15(20)13-8-11-2-1-3-14(11)18-16(13)21-12-6-4-10(9-19)5-7-12/h4-8,19H,1-3,9H2,(H2,17,20). The molecule has 5 heteroatoms. The van der Waals surface area contributed by atoms with Crippen molar-refractivity contribution in [2.75, 3.05) is 0 Å². The second kappa shape index (κ2) is 5.54. The molecule has 0 fully saturated rings. The molecule has 0 bridgehead atoms. The smallest absolute Gasteiger partial charge is 0.254 e. The van der Waals surface area contributed by atoms with Gasteiger partial charge in [0.1, 0.15) is 11.3 Å². The molecule has 0 unspecified atom stereocenters. The molecular formula is C16H16N2O3. The van der Waals surface area contributed by atoms with Crippen LogP contribution in [0.4, 0.5) is 0 Å². The topological polar surface area (TPSA) is 85.4 Å². The predicted molar refractivity (Wildman–Crippen MR) is 77.2 cm³/mol. The van der Waals surface area contributed by atoms with Crippen molar-refractivity contribution in [1.29, 1.82) is 0 Å². The van der Waals surface area contributed by atoms with Gasteiger partial charge in [0.25, 0.3) is 5.91 Å². The second-order valence-corrected chi connectivity index (χ2v) is 5.07. The van der Waals surface area contributed by atoms with Crippen molar-refractivity contribution in [2.24, 2.45) is 5.73 Å². The molecule has 21 heavy (non-hydrogen) atoms. The summed E-state index contributed by atoms with van der Waals surface area (Å²) >= 11 is 0. The molecule has 0 spiro atoms. The number of rotatable bonds is 4. The van der Waals surface area contributed by atoms with Gasteiger partial charge < -0.3 is 15.6 Å². The number of aliphatic hydroxyl groups is 1. The Hall–Kier alpha value is -2.40. The number of hydrogen-bond acceptors (Lipinski definition) is 4. The first-order valence-electron chi connectivity index (χ1n) is 6.87. The van der Waals surface area contributed by atoms with E-state index in [1.807, 2.05) is 0 Å². The number of aryl methyl sites for hydroxylation is 2. The molecule has 0 atom stereocenters. The summed E-state index contributed by atoms with van der Waals surface area (Å²) in [7, 11) is 0. The van der Waals surface area contributed by atoms with Crippen molar-refractivity contribution in [1.82, 2.24) is 4.98 Å². The van der Waals surface area contributed by atoms with Gasteiger partial charge >= 0.3 is 0 Å². The average Bonchev–Trinajstić information content (AvgIpc) is 2.94. The zero-order valence-corrected chi connectivity index (χ0v) is 11.5. The fraction of sp³-hybridized carbons (Fsp3) is 0.250. The lowest BCUT2D eigenvalue weighted by atomic mass is 10.1. The van der Waals surface area contributed by atoms with Crippen LogP contribution in [0.5, 0.6) is 11.6 Å². The largest absolute Gasteiger partial charge is 0.438 e. The molecule has 0 radical (unpaired) electrons. The van der Waals surface area contributed by atoms with Crippen LogP contribution in [-0.4, -0.2) is 16.0 Å². The highest BCUT2D eigenvalue weighted by atomic mass is 16.5. The van der Waals surface area contributed by atoms with Gasteiger partial charge in [-0.25, -0.2) is 4.98 Å². The van der Waals surface area contributed by atoms with Gasteiger partial charge in [-0.2, -0.15) is 0 Å². The highest BCUT2D eigenvalue weighted by Crippen LogP contribution is 2.29. The predicted octanol–water partition coefficient (Wildman–Crippen LogP) is 1.95. The van der Waals surface area contributed by atoms with Gasteiger partial charge in [0.2, 0.25) is 5.88 Å². The molecule has 108 valence electrons. The molecule has 5 nitrogen and oxygen atoms in total. The number of aliphatic hydroxyl groups excluding tert-OH is 1. The number of nitrogens with zero attached hydrogens (tertiary/aromatic N) is 1. The van der Waals surface area contributed by atoms with E-state index in [-0.39, 0.29) is 12.5 Å². The Labute approximate surface area is 122 Å². The van der Waals surface area contributed by atoms with Crippen LogP contribution in [0.25, 0.3) is 0 Å². The van der Waals surface area contributed by atoms with Crippen LogP contribution in [-0.2, 0) is 19.4 Å². The van der Waals surface area contributed by atoms with Crippen LogP contribution in [0.1, 0.15) is 33.6 Å². The van der Waals surface area contributed by atoms with Crippen molar-refractivity contribution in [3.63, 3.8) is 0 Å². The molecule has 1 aliphatic carbocycles. The van der Waals surface area contributed by atoms with Gasteiger partial charge in [-0.3, -0.25) is 4.79 Å². The third-order valence-electron chi connectivity index (χ3n) is 3.60. The summed E-state index contributed by atoms with van der Waals surface area (Å²) in [5, 5.41) is 9.03. The quantitative estimate of drug-likeness (QED) is 0.898. The number of hydrogen-bond donors (Lipinski definition) is 2. The Bertz CT molecular complexity index is 681. The van der Waals surface area contributed by atoms with Gasteiger partial charge in [-0.15, -0.1) is 0 Å².